The summed E-state index contributed by atoms with van der Waals surface area (Å²) in [4.78, 5) is 28.4. The number of ether oxygens (including phenoxy) is 2. The number of piperazine rings is 1. The van der Waals surface area contributed by atoms with Gasteiger partial charge in [0.05, 0.1) is 20.8 Å². The van der Waals surface area contributed by atoms with E-state index in [4.69, 9.17) is 9.47 Å². The van der Waals surface area contributed by atoms with Gasteiger partial charge in [-0.05, 0) is 44.0 Å². The Hall–Kier alpha value is -2.32. The minimum absolute atomic E-state index is 0.118. The van der Waals surface area contributed by atoms with Crippen LogP contribution < -0.4 is 20.1 Å². The Balaban J connectivity index is 1.82. The zero-order chi connectivity index (χ0) is 21.4. The van der Waals surface area contributed by atoms with Gasteiger partial charge in [0.25, 0.3) is 0 Å². The molecule has 2 N–H and O–H groups in total. The van der Waals surface area contributed by atoms with Crippen LogP contribution in [-0.2, 0) is 16.1 Å². The van der Waals surface area contributed by atoms with Crippen LogP contribution in [0.25, 0.3) is 0 Å². The van der Waals surface area contributed by atoms with Crippen molar-refractivity contribution in [1.29, 1.82) is 0 Å². The van der Waals surface area contributed by atoms with Gasteiger partial charge in [-0.25, -0.2) is 0 Å². The van der Waals surface area contributed by atoms with Crippen molar-refractivity contribution in [2.45, 2.75) is 33.4 Å². The Labute approximate surface area is 173 Å². The van der Waals surface area contributed by atoms with Crippen molar-refractivity contribution in [1.82, 2.24) is 20.4 Å². The number of methoxy groups -OCH3 is 2. The molecule has 1 aliphatic rings. The van der Waals surface area contributed by atoms with Gasteiger partial charge >= 0.3 is 0 Å². The van der Waals surface area contributed by atoms with E-state index in [0.717, 1.165) is 44.2 Å². The summed E-state index contributed by atoms with van der Waals surface area (Å²) in [6, 6.07) is 3.53. The van der Waals surface area contributed by atoms with Gasteiger partial charge in [-0.15, -0.1) is 0 Å². The third-order valence-electron chi connectivity index (χ3n) is 5.19. The third kappa shape index (κ3) is 6.61. The molecule has 29 heavy (non-hydrogen) atoms. The molecule has 0 spiro atoms. The number of carbonyl (C=O) groups is 2. The highest BCUT2D eigenvalue weighted by Gasteiger charge is 2.22. The maximum atomic E-state index is 12.2. The second-order valence-corrected chi connectivity index (χ2v) is 7.37. The van der Waals surface area contributed by atoms with Crippen LogP contribution in [0.3, 0.4) is 0 Å². The number of likely N-dealkylation sites (N-methyl/N-ethyl adjacent to an activating group) is 1. The molecule has 8 heteroatoms. The molecule has 0 aromatic heterocycles. The van der Waals surface area contributed by atoms with E-state index < -0.39 is 6.04 Å². The molecule has 1 heterocycles. The fourth-order valence-corrected chi connectivity index (χ4v) is 3.42. The highest BCUT2D eigenvalue weighted by atomic mass is 16.5. The van der Waals surface area contributed by atoms with E-state index in [1.807, 2.05) is 19.1 Å². The van der Waals surface area contributed by atoms with E-state index in [1.54, 1.807) is 21.1 Å². The van der Waals surface area contributed by atoms with Crippen LogP contribution in [0.15, 0.2) is 12.1 Å². The molecule has 162 valence electrons. The predicted octanol–water partition coefficient (Wildman–Crippen LogP) is 0.771. The molecular formula is C21H34N4O4. The Morgan fingerprint density at radius 1 is 1.07 bits per heavy atom. The maximum absolute atomic E-state index is 12.2. The molecule has 1 aliphatic heterocycles. The standard InChI is InChI=1S/C21H34N4O4/c1-6-22-21(27)16(3)23-20(26)14-25-9-7-24(8-10-25)13-17-12-19(29-5)18(28-4)11-15(17)2/h11-12,16H,6-10,13-14H2,1-5H3,(H,22,27)(H,23,26)/t16-/m0/s1. The first-order chi connectivity index (χ1) is 13.9. The number of rotatable bonds is 9. The van der Waals surface area contributed by atoms with Crippen LogP contribution in [0.4, 0.5) is 0 Å². The third-order valence-corrected chi connectivity index (χ3v) is 5.19. The van der Waals surface area contributed by atoms with Crippen molar-refractivity contribution < 1.29 is 19.1 Å². The number of benzene rings is 1. The van der Waals surface area contributed by atoms with Crippen LogP contribution in [0.1, 0.15) is 25.0 Å². The van der Waals surface area contributed by atoms with Crippen molar-refractivity contribution >= 4 is 11.8 Å². The predicted molar refractivity (Wildman–Crippen MR) is 112 cm³/mol. The SMILES string of the molecule is CCNC(=O)[C@H](C)NC(=O)CN1CCN(Cc2cc(OC)c(OC)cc2C)CC1. The fraction of sp³-hybridized carbons (Fsp3) is 0.619. The molecule has 0 saturated carbocycles. The smallest absolute Gasteiger partial charge is 0.242 e. The molecule has 2 amide bonds. The lowest BCUT2D eigenvalue weighted by molar-refractivity contribution is -0.129. The second kappa shape index (κ2) is 11.0. The minimum Gasteiger partial charge on any atom is -0.493 e. The van der Waals surface area contributed by atoms with Crippen LogP contribution in [-0.4, -0.2) is 81.1 Å². The number of carbonyl (C=O) groups excluding carboxylic acids is 2. The number of hydrogen-bond acceptors (Lipinski definition) is 6. The van der Waals surface area contributed by atoms with Crippen LogP contribution in [0.2, 0.25) is 0 Å². The van der Waals surface area contributed by atoms with E-state index in [2.05, 4.69) is 27.4 Å². The molecule has 2 rings (SSSR count). The molecular weight excluding hydrogens is 372 g/mol. The van der Waals surface area contributed by atoms with Crippen molar-refractivity contribution in [3.8, 4) is 11.5 Å². The van der Waals surface area contributed by atoms with Crippen LogP contribution in [0, 0.1) is 6.92 Å². The Morgan fingerprint density at radius 3 is 2.24 bits per heavy atom. The van der Waals surface area contributed by atoms with Gasteiger partial charge < -0.3 is 20.1 Å². The van der Waals surface area contributed by atoms with E-state index in [-0.39, 0.29) is 11.8 Å². The molecule has 1 aromatic carbocycles. The summed E-state index contributed by atoms with van der Waals surface area (Å²) >= 11 is 0. The van der Waals surface area contributed by atoms with E-state index in [9.17, 15) is 9.59 Å². The summed E-state index contributed by atoms with van der Waals surface area (Å²) in [7, 11) is 3.29. The average molecular weight is 407 g/mol. The largest absolute Gasteiger partial charge is 0.493 e. The fourth-order valence-electron chi connectivity index (χ4n) is 3.42. The molecule has 1 fully saturated rings. The van der Waals surface area contributed by atoms with E-state index in [0.29, 0.717) is 13.1 Å². The number of amides is 2. The van der Waals surface area contributed by atoms with Gasteiger partial charge in [0.1, 0.15) is 6.04 Å². The summed E-state index contributed by atoms with van der Waals surface area (Å²) in [6.45, 7) is 10.7. The zero-order valence-electron chi connectivity index (χ0n) is 18.2. The first-order valence-corrected chi connectivity index (χ1v) is 10.1. The van der Waals surface area contributed by atoms with Gasteiger partial charge in [-0.1, -0.05) is 0 Å². The second-order valence-electron chi connectivity index (χ2n) is 7.37. The maximum Gasteiger partial charge on any atom is 0.242 e. The Morgan fingerprint density at radius 2 is 1.66 bits per heavy atom. The van der Waals surface area contributed by atoms with Crippen LogP contribution in [0.5, 0.6) is 11.5 Å². The highest BCUT2D eigenvalue weighted by molar-refractivity contribution is 5.87. The Bertz CT molecular complexity index is 702. The van der Waals surface area contributed by atoms with Crippen molar-refractivity contribution in [2.75, 3.05) is 53.5 Å². The molecule has 1 saturated heterocycles. The minimum atomic E-state index is -0.517. The molecule has 0 unspecified atom stereocenters. The Kier molecular flexibility index (Phi) is 8.72. The zero-order valence-corrected chi connectivity index (χ0v) is 18.2. The summed E-state index contributed by atoms with van der Waals surface area (Å²) < 4.78 is 10.8. The lowest BCUT2D eigenvalue weighted by atomic mass is 10.1. The van der Waals surface area contributed by atoms with E-state index >= 15 is 0 Å². The van der Waals surface area contributed by atoms with Crippen molar-refractivity contribution in [3.63, 3.8) is 0 Å². The molecule has 1 aromatic rings. The number of aryl methyl sites for hydroxylation is 1. The van der Waals surface area contributed by atoms with Crippen molar-refractivity contribution in [2.24, 2.45) is 0 Å². The van der Waals surface area contributed by atoms with Crippen LogP contribution >= 0.6 is 0 Å². The number of nitrogens with zero attached hydrogens (tertiary/aromatic N) is 2. The van der Waals surface area contributed by atoms with E-state index in [1.165, 1.54) is 11.1 Å². The lowest BCUT2D eigenvalue weighted by Gasteiger charge is -2.34. The monoisotopic (exact) mass is 406 g/mol. The van der Waals surface area contributed by atoms with Gasteiger partial charge in [-0.2, -0.15) is 0 Å². The number of hydrogen-bond donors (Lipinski definition) is 2. The number of nitrogens with one attached hydrogen (secondary N) is 2. The molecule has 8 nitrogen and oxygen atoms in total. The average Bonchev–Trinajstić information content (AvgIpc) is 2.70. The summed E-state index contributed by atoms with van der Waals surface area (Å²) in [5.41, 5.74) is 2.38. The highest BCUT2D eigenvalue weighted by Crippen LogP contribution is 2.30. The lowest BCUT2D eigenvalue weighted by Crippen LogP contribution is -2.51. The summed E-state index contributed by atoms with van der Waals surface area (Å²) in [5.74, 6) is 1.21. The topological polar surface area (TPSA) is 83.1 Å². The summed E-state index contributed by atoms with van der Waals surface area (Å²) in [6.07, 6.45) is 0. The first kappa shape index (κ1) is 23.0. The first-order valence-electron chi connectivity index (χ1n) is 10.1. The van der Waals surface area contributed by atoms with Gasteiger partial charge in [0.15, 0.2) is 11.5 Å². The van der Waals surface area contributed by atoms with Crippen molar-refractivity contribution in [3.05, 3.63) is 23.3 Å². The molecule has 0 bridgehead atoms. The van der Waals surface area contributed by atoms with Gasteiger partial charge in [0, 0.05) is 39.3 Å². The molecule has 0 radical (unpaired) electrons. The quantitative estimate of drug-likeness (QED) is 0.630. The normalized spacial score (nSPS) is 16.2. The molecule has 0 aliphatic carbocycles. The summed E-state index contributed by atoms with van der Waals surface area (Å²) in [5, 5.41) is 5.47. The van der Waals surface area contributed by atoms with Gasteiger partial charge in [0.2, 0.25) is 11.8 Å². The molecule has 1 atom stereocenters. The van der Waals surface area contributed by atoms with Gasteiger partial charge in [-0.3, -0.25) is 19.4 Å².